The van der Waals surface area contributed by atoms with Crippen LogP contribution in [-0.4, -0.2) is 20.7 Å². The first kappa shape index (κ1) is 17.2. The lowest BCUT2D eigenvalue weighted by Gasteiger charge is -2.10. The fourth-order valence-electron chi connectivity index (χ4n) is 2.64. The van der Waals surface area contributed by atoms with E-state index in [1.807, 2.05) is 32.0 Å². The monoisotopic (exact) mass is 358 g/mol. The van der Waals surface area contributed by atoms with Crippen molar-refractivity contribution in [3.8, 4) is 28.3 Å². The number of aromatic nitrogens is 1. The van der Waals surface area contributed by atoms with E-state index >= 15 is 0 Å². The minimum absolute atomic E-state index is 0.0533. The lowest BCUT2D eigenvalue weighted by molar-refractivity contribution is 0.411. The van der Waals surface area contributed by atoms with E-state index in [4.69, 9.17) is 14.4 Å². The minimum Gasteiger partial charge on any atom is -0.496 e. The van der Waals surface area contributed by atoms with Crippen LogP contribution in [0, 0.1) is 13.8 Å². The summed E-state index contributed by atoms with van der Waals surface area (Å²) in [5, 5.41) is 9.24. The summed E-state index contributed by atoms with van der Waals surface area (Å²) < 4.78 is 33.4. The maximum absolute atomic E-state index is 11.3. The van der Waals surface area contributed by atoms with Gasteiger partial charge in [0.15, 0.2) is 5.76 Å². The van der Waals surface area contributed by atoms with Crippen molar-refractivity contribution < 1.29 is 17.7 Å². The Labute approximate surface area is 146 Å². The Bertz CT molecular complexity index is 1020. The number of benzene rings is 2. The van der Waals surface area contributed by atoms with E-state index in [2.05, 4.69) is 5.16 Å². The number of nitrogens with zero attached hydrogens (tertiary/aromatic N) is 1. The van der Waals surface area contributed by atoms with Gasteiger partial charge in [-0.1, -0.05) is 5.16 Å². The maximum atomic E-state index is 11.3. The molecule has 0 saturated heterocycles. The van der Waals surface area contributed by atoms with Crippen molar-refractivity contribution in [2.24, 2.45) is 5.14 Å². The molecule has 0 unspecified atom stereocenters. The lowest BCUT2D eigenvalue weighted by atomic mass is 9.99. The molecule has 2 aromatic carbocycles. The van der Waals surface area contributed by atoms with Crippen molar-refractivity contribution in [2.75, 3.05) is 7.11 Å². The SMILES string of the molecule is COc1ccc(-c2cc(-c3ccc(S(N)(=O)=O)cc3)on2)c(C)c1C. The first-order valence-corrected chi connectivity index (χ1v) is 9.10. The fourth-order valence-corrected chi connectivity index (χ4v) is 3.16. The van der Waals surface area contributed by atoms with Gasteiger partial charge in [0.2, 0.25) is 10.0 Å². The van der Waals surface area contributed by atoms with E-state index in [0.717, 1.165) is 22.4 Å². The third-order valence-corrected chi connectivity index (χ3v) is 5.14. The third-order valence-electron chi connectivity index (χ3n) is 4.21. The van der Waals surface area contributed by atoms with Crippen LogP contribution >= 0.6 is 0 Å². The standard InChI is InChI=1S/C18H18N2O4S/c1-11-12(2)17(23-3)9-8-15(11)16-10-18(24-20-16)13-4-6-14(7-5-13)25(19,21)22/h4-10H,1-3H3,(H2,19,21,22). The predicted molar refractivity (Wildman–Crippen MR) is 94.8 cm³/mol. The van der Waals surface area contributed by atoms with Crippen LogP contribution in [0.1, 0.15) is 11.1 Å². The van der Waals surface area contributed by atoms with Crippen LogP contribution in [0.15, 0.2) is 51.9 Å². The number of rotatable bonds is 4. The van der Waals surface area contributed by atoms with Crippen LogP contribution in [0.3, 0.4) is 0 Å². The molecular formula is C18H18N2O4S. The average Bonchev–Trinajstić information content (AvgIpc) is 3.06. The molecule has 0 saturated carbocycles. The van der Waals surface area contributed by atoms with Gasteiger partial charge < -0.3 is 9.26 Å². The second kappa shape index (κ2) is 6.34. The van der Waals surface area contributed by atoms with Crippen molar-refractivity contribution in [1.29, 1.82) is 0 Å². The molecule has 6 nitrogen and oxygen atoms in total. The van der Waals surface area contributed by atoms with Gasteiger partial charge in [-0.05, 0) is 61.4 Å². The summed E-state index contributed by atoms with van der Waals surface area (Å²) in [7, 11) is -2.07. The van der Waals surface area contributed by atoms with Crippen LogP contribution in [0.2, 0.25) is 0 Å². The number of hydrogen-bond acceptors (Lipinski definition) is 5. The number of hydrogen-bond donors (Lipinski definition) is 1. The van der Waals surface area contributed by atoms with Crippen LogP contribution in [-0.2, 0) is 10.0 Å². The summed E-state index contributed by atoms with van der Waals surface area (Å²) in [6, 6.07) is 11.8. The number of primary sulfonamides is 1. The number of ether oxygens (including phenoxy) is 1. The summed E-state index contributed by atoms with van der Waals surface area (Å²) in [4.78, 5) is 0.0533. The Morgan fingerprint density at radius 3 is 2.32 bits per heavy atom. The molecule has 0 aliphatic carbocycles. The number of nitrogens with two attached hydrogens (primary N) is 1. The van der Waals surface area contributed by atoms with Gasteiger partial charge in [0.05, 0.1) is 12.0 Å². The van der Waals surface area contributed by atoms with E-state index < -0.39 is 10.0 Å². The summed E-state index contributed by atoms with van der Waals surface area (Å²) >= 11 is 0. The van der Waals surface area contributed by atoms with Crippen molar-refractivity contribution >= 4 is 10.0 Å². The molecular weight excluding hydrogens is 340 g/mol. The Kier molecular flexibility index (Phi) is 4.36. The molecule has 130 valence electrons. The molecule has 3 aromatic rings. The van der Waals surface area contributed by atoms with Crippen LogP contribution in [0.5, 0.6) is 5.75 Å². The van der Waals surface area contributed by atoms with Gasteiger partial charge in [0, 0.05) is 17.2 Å². The Hall–Kier alpha value is -2.64. The Balaban J connectivity index is 1.97. The summed E-state index contributed by atoms with van der Waals surface area (Å²) in [6.07, 6.45) is 0. The van der Waals surface area contributed by atoms with Gasteiger partial charge in [-0.2, -0.15) is 0 Å². The van der Waals surface area contributed by atoms with Crippen LogP contribution in [0.25, 0.3) is 22.6 Å². The molecule has 2 N–H and O–H groups in total. The first-order valence-electron chi connectivity index (χ1n) is 7.56. The zero-order chi connectivity index (χ0) is 18.2. The van der Waals surface area contributed by atoms with Gasteiger partial charge in [-0.25, -0.2) is 13.6 Å². The summed E-state index contributed by atoms with van der Waals surface area (Å²) in [6.45, 7) is 3.99. The van der Waals surface area contributed by atoms with Crippen molar-refractivity contribution in [3.63, 3.8) is 0 Å². The minimum atomic E-state index is -3.71. The van der Waals surface area contributed by atoms with E-state index in [1.165, 1.54) is 12.1 Å². The highest BCUT2D eigenvalue weighted by atomic mass is 32.2. The van der Waals surface area contributed by atoms with Crippen LogP contribution < -0.4 is 9.88 Å². The highest BCUT2D eigenvalue weighted by Crippen LogP contribution is 2.32. The van der Waals surface area contributed by atoms with E-state index in [1.54, 1.807) is 19.2 Å². The van der Waals surface area contributed by atoms with Gasteiger partial charge in [0.25, 0.3) is 0 Å². The summed E-state index contributed by atoms with van der Waals surface area (Å²) in [5.74, 6) is 1.37. The summed E-state index contributed by atoms with van der Waals surface area (Å²) in [5.41, 5.74) is 4.48. The lowest BCUT2D eigenvalue weighted by Crippen LogP contribution is -2.11. The maximum Gasteiger partial charge on any atom is 0.238 e. The number of sulfonamides is 1. The molecule has 0 amide bonds. The van der Waals surface area contributed by atoms with E-state index in [0.29, 0.717) is 17.0 Å². The second-order valence-corrected chi connectivity index (χ2v) is 7.27. The first-order chi connectivity index (χ1) is 11.8. The van der Waals surface area contributed by atoms with E-state index in [9.17, 15) is 8.42 Å². The molecule has 0 aliphatic rings. The molecule has 7 heteroatoms. The van der Waals surface area contributed by atoms with Gasteiger partial charge in [-0.15, -0.1) is 0 Å². The zero-order valence-electron chi connectivity index (χ0n) is 14.1. The molecule has 0 aliphatic heterocycles. The fraction of sp³-hybridized carbons (Fsp3) is 0.167. The number of methoxy groups -OCH3 is 1. The molecule has 0 radical (unpaired) electrons. The average molecular weight is 358 g/mol. The molecule has 0 fully saturated rings. The second-order valence-electron chi connectivity index (χ2n) is 5.71. The predicted octanol–water partition coefficient (Wildman–Crippen LogP) is 3.28. The third kappa shape index (κ3) is 3.29. The molecule has 1 heterocycles. The van der Waals surface area contributed by atoms with Gasteiger partial charge in [0.1, 0.15) is 11.4 Å². The van der Waals surface area contributed by atoms with Crippen molar-refractivity contribution in [3.05, 3.63) is 53.6 Å². The molecule has 1 aromatic heterocycles. The Morgan fingerprint density at radius 1 is 1.04 bits per heavy atom. The Morgan fingerprint density at radius 2 is 1.72 bits per heavy atom. The molecule has 3 rings (SSSR count). The zero-order valence-corrected chi connectivity index (χ0v) is 14.9. The molecule has 0 atom stereocenters. The molecule has 0 bridgehead atoms. The van der Waals surface area contributed by atoms with Crippen molar-refractivity contribution in [1.82, 2.24) is 5.16 Å². The van der Waals surface area contributed by atoms with Crippen molar-refractivity contribution in [2.45, 2.75) is 18.7 Å². The highest BCUT2D eigenvalue weighted by Gasteiger charge is 2.14. The topological polar surface area (TPSA) is 95.4 Å². The van der Waals surface area contributed by atoms with Crippen LogP contribution in [0.4, 0.5) is 0 Å². The smallest absolute Gasteiger partial charge is 0.238 e. The van der Waals surface area contributed by atoms with Gasteiger partial charge in [-0.3, -0.25) is 0 Å². The quantitative estimate of drug-likeness (QED) is 0.772. The molecule has 0 spiro atoms. The van der Waals surface area contributed by atoms with Gasteiger partial charge >= 0.3 is 0 Å². The largest absolute Gasteiger partial charge is 0.496 e. The highest BCUT2D eigenvalue weighted by molar-refractivity contribution is 7.89. The molecule has 25 heavy (non-hydrogen) atoms. The normalized spacial score (nSPS) is 11.5. The van der Waals surface area contributed by atoms with E-state index in [-0.39, 0.29) is 4.90 Å².